The maximum Gasteiger partial charge on any atom is 0.0823 e. The third-order valence-electron chi connectivity index (χ3n) is 2.43. The molecule has 0 amide bonds. The normalized spacial score (nSPS) is 10.4. The second-order valence-corrected chi connectivity index (χ2v) is 5.32. The van der Waals surface area contributed by atoms with Gasteiger partial charge in [-0.25, -0.2) is 0 Å². The van der Waals surface area contributed by atoms with E-state index in [-0.39, 0.29) is 0 Å². The third kappa shape index (κ3) is 3.24. The van der Waals surface area contributed by atoms with Crippen molar-refractivity contribution in [2.75, 3.05) is 5.32 Å². The van der Waals surface area contributed by atoms with E-state index in [4.69, 9.17) is 46.4 Å². The SMILES string of the molecule is Clc1ccc(Cl)c(CNc2cccc(Cl)c2Cl)c1. The molecule has 0 atom stereocenters. The topological polar surface area (TPSA) is 12.0 Å². The number of halogens is 4. The van der Waals surface area contributed by atoms with Gasteiger partial charge in [-0.3, -0.25) is 0 Å². The molecule has 0 saturated heterocycles. The van der Waals surface area contributed by atoms with Crippen LogP contribution in [0.4, 0.5) is 5.69 Å². The molecule has 0 aliphatic carbocycles. The summed E-state index contributed by atoms with van der Waals surface area (Å²) in [5, 5.41) is 5.49. The zero-order valence-corrected chi connectivity index (χ0v) is 12.2. The van der Waals surface area contributed by atoms with Crippen molar-refractivity contribution in [3.8, 4) is 0 Å². The summed E-state index contributed by atoms with van der Waals surface area (Å²) in [5.41, 5.74) is 1.67. The third-order valence-corrected chi connectivity index (χ3v) is 3.85. The smallest absolute Gasteiger partial charge is 0.0823 e. The summed E-state index contributed by atoms with van der Waals surface area (Å²) in [7, 11) is 0. The largest absolute Gasteiger partial charge is 0.380 e. The minimum Gasteiger partial charge on any atom is -0.380 e. The van der Waals surface area contributed by atoms with Gasteiger partial charge in [-0.1, -0.05) is 52.5 Å². The lowest BCUT2D eigenvalue weighted by atomic mass is 10.2. The molecular formula is C13H9Cl4N. The second kappa shape index (κ2) is 6.03. The van der Waals surface area contributed by atoms with E-state index in [0.29, 0.717) is 26.6 Å². The molecule has 0 radical (unpaired) electrons. The Bertz CT molecular complexity index is 567. The number of anilines is 1. The summed E-state index contributed by atoms with van der Waals surface area (Å²) < 4.78 is 0. The Balaban J connectivity index is 2.16. The van der Waals surface area contributed by atoms with Crippen LogP contribution in [-0.2, 0) is 6.54 Å². The van der Waals surface area contributed by atoms with Crippen LogP contribution in [0.5, 0.6) is 0 Å². The van der Waals surface area contributed by atoms with Gasteiger partial charge in [0.15, 0.2) is 0 Å². The molecule has 0 saturated carbocycles. The monoisotopic (exact) mass is 319 g/mol. The van der Waals surface area contributed by atoms with Crippen molar-refractivity contribution >= 4 is 52.1 Å². The van der Waals surface area contributed by atoms with Crippen molar-refractivity contribution in [3.05, 3.63) is 62.1 Å². The first kappa shape index (κ1) is 13.8. The molecule has 94 valence electrons. The van der Waals surface area contributed by atoms with Crippen LogP contribution in [-0.4, -0.2) is 0 Å². The van der Waals surface area contributed by atoms with E-state index in [1.54, 1.807) is 18.2 Å². The summed E-state index contributed by atoms with van der Waals surface area (Å²) in [6.07, 6.45) is 0. The fourth-order valence-corrected chi connectivity index (χ4v) is 2.26. The summed E-state index contributed by atoms with van der Waals surface area (Å²) in [5.74, 6) is 0. The highest BCUT2D eigenvalue weighted by molar-refractivity contribution is 6.43. The number of hydrogen-bond donors (Lipinski definition) is 1. The second-order valence-electron chi connectivity index (χ2n) is 3.69. The van der Waals surface area contributed by atoms with Crippen LogP contribution in [0.25, 0.3) is 0 Å². The first-order valence-electron chi connectivity index (χ1n) is 5.20. The van der Waals surface area contributed by atoms with Gasteiger partial charge in [0, 0.05) is 16.6 Å². The molecule has 2 rings (SSSR count). The van der Waals surface area contributed by atoms with E-state index in [9.17, 15) is 0 Å². The summed E-state index contributed by atoms with van der Waals surface area (Å²) in [4.78, 5) is 0. The number of benzene rings is 2. The molecule has 2 aromatic carbocycles. The summed E-state index contributed by atoms with van der Waals surface area (Å²) in [6, 6.07) is 10.7. The highest BCUT2D eigenvalue weighted by atomic mass is 35.5. The van der Waals surface area contributed by atoms with Crippen molar-refractivity contribution < 1.29 is 0 Å². The minimum atomic E-state index is 0.498. The number of nitrogens with one attached hydrogen (secondary N) is 1. The van der Waals surface area contributed by atoms with E-state index in [0.717, 1.165) is 11.3 Å². The van der Waals surface area contributed by atoms with Gasteiger partial charge in [-0.2, -0.15) is 0 Å². The molecule has 18 heavy (non-hydrogen) atoms. The van der Waals surface area contributed by atoms with Crippen molar-refractivity contribution in [2.45, 2.75) is 6.54 Å². The average molecular weight is 321 g/mol. The van der Waals surface area contributed by atoms with Gasteiger partial charge in [0.2, 0.25) is 0 Å². The number of hydrogen-bond acceptors (Lipinski definition) is 1. The zero-order valence-electron chi connectivity index (χ0n) is 9.18. The summed E-state index contributed by atoms with van der Waals surface area (Å²) >= 11 is 24.0. The van der Waals surface area contributed by atoms with Crippen LogP contribution in [0.1, 0.15) is 5.56 Å². The maximum absolute atomic E-state index is 6.08. The molecule has 1 nitrogen and oxygen atoms in total. The molecule has 0 spiro atoms. The first-order chi connectivity index (χ1) is 8.58. The molecule has 1 N–H and O–H groups in total. The van der Waals surface area contributed by atoms with E-state index in [1.165, 1.54) is 0 Å². The lowest BCUT2D eigenvalue weighted by Crippen LogP contribution is -2.00. The van der Waals surface area contributed by atoms with Gasteiger partial charge in [-0.15, -0.1) is 0 Å². The predicted octanol–water partition coefficient (Wildman–Crippen LogP) is 5.91. The Morgan fingerprint density at radius 2 is 1.67 bits per heavy atom. The fraction of sp³-hybridized carbons (Fsp3) is 0.0769. The fourth-order valence-electron chi connectivity index (χ4n) is 1.51. The molecule has 0 aliphatic rings. The Hall–Kier alpha value is -0.600. The molecular weight excluding hydrogens is 312 g/mol. The van der Waals surface area contributed by atoms with Crippen molar-refractivity contribution in [1.29, 1.82) is 0 Å². The van der Waals surface area contributed by atoms with E-state index >= 15 is 0 Å². The zero-order chi connectivity index (χ0) is 13.1. The van der Waals surface area contributed by atoms with Crippen LogP contribution in [0, 0.1) is 0 Å². The van der Waals surface area contributed by atoms with E-state index < -0.39 is 0 Å². The maximum atomic E-state index is 6.08. The molecule has 0 heterocycles. The molecule has 0 unspecified atom stereocenters. The van der Waals surface area contributed by atoms with Gasteiger partial charge in [0.25, 0.3) is 0 Å². The number of rotatable bonds is 3. The van der Waals surface area contributed by atoms with Crippen LogP contribution in [0.3, 0.4) is 0 Å². The van der Waals surface area contributed by atoms with Crippen LogP contribution in [0.2, 0.25) is 20.1 Å². The first-order valence-corrected chi connectivity index (χ1v) is 6.71. The van der Waals surface area contributed by atoms with Gasteiger partial charge in [-0.05, 0) is 35.9 Å². The average Bonchev–Trinajstić information content (AvgIpc) is 2.35. The molecule has 2 aromatic rings. The van der Waals surface area contributed by atoms with Crippen molar-refractivity contribution in [3.63, 3.8) is 0 Å². The Morgan fingerprint density at radius 1 is 0.889 bits per heavy atom. The van der Waals surface area contributed by atoms with E-state index in [2.05, 4.69) is 5.32 Å². The molecule has 0 aliphatic heterocycles. The quantitative estimate of drug-likeness (QED) is 0.741. The predicted molar refractivity (Wildman–Crippen MR) is 80.3 cm³/mol. The highest BCUT2D eigenvalue weighted by Crippen LogP contribution is 2.30. The lowest BCUT2D eigenvalue weighted by molar-refractivity contribution is 1.15. The van der Waals surface area contributed by atoms with Crippen LogP contribution >= 0.6 is 46.4 Å². The lowest BCUT2D eigenvalue weighted by Gasteiger charge is -2.10. The van der Waals surface area contributed by atoms with Crippen LogP contribution < -0.4 is 5.32 Å². The van der Waals surface area contributed by atoms with Gasteiger partial charge < -0.3 is 5.32 Å². The Labute approximate surface area is 126 Å². The van der Waals surface area contributed by atoms with Gasteiger partial charge in [0.05, 0.1) is 15.7 Å². The molecule has 0 bridgehead atoms. The van der Waals surface area contributed by atoms with Crippen molar-refractivity contribution in [2.24, 2.45) is 0 Å². The standard InChI is InChI=1S/C13H9Cl4N/c14-9-4-5-10(15)8(6-9)7-18-12-3-1-2-11(16)13(12)17/h1-6,18H,7H2. The van der Waals surface area contributed by atoms with Crippen molar-refractivity contribution in [1.82, 2.24) is 0 Å². The Kier molecular flexibility index (Phi) is 4.63. The molecule has 5 heteroatoms. The highest BCUT2D eigenvalue weighted by Gasteiger charge is 2.05. The molecule has 0 aromatic heterocycles. The van der Waals surface area contributed by atoms with Gasteiger partial charge >= 0.3 is 0 Å². The minimum absolute atomic E-state index is 0.498. The van der Waals surface area contributed by atoms with E-state index in [1.807, 2.05) is 18.2 Å². The Morgan fingerprint density at radius 3 is 2.44 bits per heavy atom. The molecule has 0 fully saturated rings. The van der Waals surface area contributed by atoms with Crippen LogP contribution in [0.15, 0.2) is 36.4 Å². The summed E-state index contributed by atoms with van der Waals surface area (Å²) in [6.45, 7) is 0.527. The van der Waals surface area contributed by atoms with Gasteiger partial charge in [0.1, 0.15) is 0 Å².